The number of rotatable bonds is 2. The zero-order valence-electron chi connectivity index (χ0n) is 9.91. The zero-order chi connectivity index (χ0) is 12.7. The lowest BCUT2D eigenvalue weighted by atomic mass is 10.1. The third-order valence-electron chi connectivity index (χ3n) is 3.14. The Morgan fingerprint density at radius 3 is 2.89 bits per heavy atom. The van der Waals surface area contributed by atoms with E-state index in [2.05, 4.69) is 0 Å². The Kier molecular flexibility index (Phi) is 2.59. The van der Waals surface area contributed by atoms with Crippen LogP contribution >= 0.6 is 0 Å². The SMILES string of the molecule is COCc1cc[n+]2c(c1)-c1c(F)cc(F)cc1C2. The van der Waals surface area contributed by atoms with Gasteiger partial charge in [0.25, 0.3) is 0 Å². The molecule has 1 aromatic carbocycles. The molecule has 0 aliphatic carbocycles. The highest BCUT2D eigenvalue weighted by molar-refractivity contribution is 5.64. The van der Waals surface area contributed by atoms with E-state index in [4.69, 9.17) is 4.74 Å². The molecule has 1 aromatic heterocycles. The van der Waals surface area contributed by atoms with Crippen molar-refractivity contribution in [3.63, 3.8) is 0 Å². The van der Waals surface area contributed by atoms with Crippen LogP contribution in [0.25, 0.3) is 11.3 Å². The van der Waals surface area contributed by atoms with Crippen molar-refractivity contribution in [3.8, 4) is 11.3 Å². The lowest BCUT2D eigenvalue weighted by molar-refractivity contribution is -0.672. The molecule has 0 fully saturated rings. The third kappa shape index (κ3) is 1.69. The number of hydrogen-bond acceptors (Lipinski definition) is 1. The van der Waals surface area contributed by atoms with E-state index < -0.39 is 11.6 Å². The van der Waals surface area contributed by atoms with Gasteiger partial charge in [-0.1, -0.05) is 0 Å². The van der Waals surface area contributed by atoms with Crippen molar-refractivity contribution in [1.82, 2.24) is 0 Å². The third-order valence-corrected chi connectivity index (χ3v) is 3.14. The highest BCUT2D eigenvalue weighted by Crippen LogP contribution is 2.30. The van der Waals surface area contributed by atoms with Crippen LogP contribution in [0, 0.1) is 11.6 Å². The van der Waals surface area contributed by atoms with E-state index in [1.54, 1.807) is 7.11 Å². The second-order valence-electron chi connectivity index (χ2n) is 4.40. The maximum atomic E-state index is 13.9. The molecule has 92 valence electrons. The summed E-state index contributed by atoms with van der Waals surface area (Å²) in [6.07, 6.45) is 1.88. The molecular formula is C14H12F2NO+. The number of fused-ring (bicyclic) bond motifs is 3. The summed E-state index contributed by atoms with van der Waals surface area (Å²) in [5, 5.41) is 0. The van der Waals surface area contributed by atoms with Gasteiger partial charge in [0.1, 0.15) is 11.6 Å². The summed E-state index contributed by atoms with van der Waals surface area (Å²) in [4.78, 5) is 0. The molecule has 1 aliphatic rings. The van der Waals surface area contributed by atoms with E-state index in [0.29, 0.717) is 24.3 Å². The van der Waals surface area contributed by atoms with Gasteiger partial charge in [0, 0.05) is 30.9 Å². The van der Waals surface area contributed by atoms with Gasteiger partial charge >= 0.3 is 0 Å². The Balaban J connectivity index is 2.16. The molecule has 0 atom stereocenters. The second kappa shape index (κ2) is 4.14. The zero-order valence-corrected chi connectivity index (χ0v) is 9.91. The molecule has 0 radical (unpaired) electrons. The normalized spacial score (nSPS) is 12.4. The number of nitrogens with zero attached hydrogens (tertiary/aromatic N) is 1. The Hall–Kier alpha value is -1.81. The van der Waals surface area contributed by atoms with Crippen LogP contribution in [-0.4, -0.2) is 7.11 Å². The maximum Gasteiger partial charge on any atom is 0.216 e. The van der Waals surface area contributed by atoms with Crippen molar-refractivity contribution in [2.24, 2.45) is 0 Å². The van der Waals surface area contributed by atoms with Crippen molar-refractivity contribution >= 4 is 0 Å². The summed E-state index contributed by atoms with van der Waals surface area (Å²) in [6.45, 7) is 0.985. The lowest BCUT2D eigenvalue weighted by Gasteiger charge is -2.00. The van der Waals surface area contributed by atoms with Crippen molar-refractivity contribution in [3.05, 3.63) is 53.2 Å². The lowest BCUT2D eigenvalue weighted by Crippen LogP contribution is -2.31. The largest absolute Gasteiger partial charge is 0.380 e. The summed E-state index contributed by atoms with van der Waals surface area (Å²) in [5.41, 5.74) is 2.92. The minimum atomic E-state index is -0.531. The summed E-state index contributed by atoms with van der Waals surface area (Å²) < 4.78 is 34.0. The van der Waals surface area contributed by atoms with Gasteiger partial charge < -0.3 is 4.74 Å². The molecule has 2 heterocycles. The van der Waals surface area contributed by atoms with Crippen molar-refractivity contribution in [2.75, 3.05) is 7.11 Å². The molecule has 1 aliphatic heterocycles. The number of halogens is 2. The molecule has 2 nitrogen and oxygen atoms in total. The van der Waals surface area contributed by atoms with Crippen LogP contribution in [0.1, 0.15) is 11.1 Å². The molecule has 4 heteroatoms. The quantitative estimate of drug-likeness (QED) is 0.635. The number of methoxy groups -OCH3 is 1. The first-order valence-corrected chi connectivity index (χ1v) is 5.68. The summed E-state index contributed by atoms with van der Waals surface area (Å²) in [7, 11) is 1.62. The minimum Gasteiger partial charge on any atom is -0.380 e. The van der Waals surface area contributed by atoms with Crippen LogP contribution < -0.4 is 4.57 Å². The summed E-state index contributed by atoms with van der Waals surface area (Å²) in [6, 6.07) is 6.13. The van der Waals surface area contributed by atoms with Gasteiger partial charge in [0.15, 0.2) is 12.7 Å². The molecule has 0 saturated carbocycles. The molecule has 0 spiro atoms. The number of benzene rings is 1. The Bertz CT molecular complexity index is 625. The molecule has 0 saturated heterocycles. The van der Waals surface area contributed by atoms with Crippen LogP contribution in [0.2, 0.25) is 0 Å². The predicted molar refractivity (Wildman–Crippen MR) is 61.8 cm³/mol. The number of pyridine rings is 1. The molecule has 0 unspecified atom stereocenters. The van der Waals surface area contributed by atoms with Crippen LogP contribution in [-0.2, 0) is 17.9 Å². The van der Waals surface area contributed by atoms with Gasteiger partial charge in [-0.25, -0.2) is 8.78 Å². The van der Waals surface area contributed by atoms with Crippen molar-refractivity contribution in [1.29, 1.82) is 0 Å². The topological polar surface area (TPSA) is 13.1 Å². The van der Waals surface area contributed by atoms with Gasteiger partial charge in [0.05, 0.1) is 12.2 Å². The van der Waals surface area contributed by atoms with Gasteiger partial charge in [-0.2, -0.15) is 4.57 Å². The standard InChI is InChI=1S/C14H12F2NO/c1-18-8-9-2-3-17-7-10-5-11(15)6-12(16)14(10)13(17)4-9/h2-6H,7-8H2,1H3/q+1. The number of ether oxygens (including phenoxy) is 1. The smallest absolute Gasteiger partial charge is 0.216 e. The fraction of sp³-hybridized carbons (Fsp3) is 0.214. The fourth-order valence-electron chi connectivity index (χ4n) is 2.40. The predicted octanol–water partition coefficient (Wildman–Crippen LogP) is 2.43. The highest BCUT2D eigenvalue weighted by atomic mass is 19.1. The first-order chi connectivity index (χ1) is 8.69. The van der Waals surface area contributed by atoms with Gasteiger partial charge in [0.2, 0.25) is 5.69 Å². The highest BCUT2D eigenvalue weighted by Gasteiger charge is 2.30. The van der Waals surface area contributed by atoms with Gasteiger partial charge in [-0.15, -0.1) is 0 Å². The van der Waals surface area contributed by atoms with E-state index in [1.807, 2.05) is 22.9 Å². The molecule has 0 bridgehead atoms. The molecule has 0 N–H and O–H groups in total. The summed E-state index contributed by atoms with van der Waals surface area (Å²) in [5.74, 6) is -1.04. The van der Waals surface area contributed by atoms with Gasteiger partial charge in [-0.05, 0) is 11.6 Å². The van der Waals surface area contributed by atoms with E-state index in [-0.39, 0.29) is 0 Å². The molecule has 2 aromatic rings. The monoisotopic (exact) mass is 248 g/mol. The minimum absolute atomic E-state index is 0.478. The average molecular weight is 248 g/mol. The van der Waals surface area contributed by atoms with Gasteiger partial charge in [-0.3, -0.25) is 0 Å². The second-order valence-corrected chi connectivity index (χ2v) is 4.40. The first-order valence-electron chi connectivity index (χ1n) is 5.68. The van der Waals surface area contributed by atoms with E-state index in [1.165, 1.54) is 6.07 Å². The average Bonchev–Trinajstić information content (AvgIpc) is 2.66. The van der Waals surface area contributed by atoms with E-state index in [0.717, 1.165) is 17.3 Å². The van der Waals surface area contributed by atoms with Crippen LogP contribution in [0.4, 0.5) is 8.78 Å². The molecule has 18 heavy (non-hydrogen) atoms. The Labute approximate surface area is 103 Å². The maximum absolute atomic E-state index is 13.9. The Morgan fingerprint density at radius 1 is 1.28 bits per heavy atom. The van der Waals surface area contributed by atoms with Crippen LogP contribution in [0.5, 0.6) is 0 Å². The molecule has 0 amide bonds. The first kappa shape index (κ1) is 11.3. The number of aromatic nitrogens is 1. The molecule has 3 rings (SSSR count). The Morgan fingerprint density at radius 2 is 2.11 bits per heavy atom. The summed E-state index contributed by atoms with van der Waals surface area (Å²) >= 11 is 0. The number of hydrogen-bond donors (Lipinski definition) is 0. The fourth-order valence-corrected chi connectivity index (χ4v) is 2.40. The van der Waals surface area contributed by atoms with Crippen LogP contribution in [0.15, 0.2) is 30.5 Å². The van der Waals surface area contributed by atoms with E-state index in [9.17, 15) is 8.78 Å². The van der Waals surface area contributed by atoms with E-state index >= 15 is 0 Å². The molecular weight excluding hydrogens is 236 g/mol. The van der Waals surface area contributed by atoms with Crippen LogP contribution in [0.3, 0.4) is 0 Å². The van der Waals surface area contributed by atoms with Crippen molar-refractivity contribution in [2.45, 2.75) is 13.2 Å². The van der Waals surface area contributed by atoms with Crippen molar-refractivity contribution < 1.29 is 18.1 Å².